The van der Waals surface area contributed by atoms with Crippen LogP contribution >= 0.6 is 0 Å². The van der Waals surface area contributed by atoms with Crippen molar-refractivity contribution < 1.29 is 14.3 Å². The quantitative estimate of drug-likeness (QED) is 0.789. The molecular formula is C17H19NO3. The molecule has 4 heteroatoms. The second-order valence-corrected chi connectivity index (χ2v) is 4.71. The highest BCUT2D eigenvalue weighted by atomic mass is 16.5. The van der Waals surface area contributed by atoms with Crippen LogP contribution in [0.2, 0.25) is 0 Å². The first-order chi connectivity index (χ1) is 10.1. The van der Waals surface area contributed by atoms with Gasteiger partial charge in [0.05, 0.1) is 17.9 Å². The first-order valence-electron chi connectivity index (χ1n) is 6.94. The van der Waals surface area contributed by atoms with Gasteiger partial charge in [0.2, 0.25) is 0 Å². The number of aryl methyl sites for hydroxylation is 2. The number of ether oxygens (including phenoxy) is 2. The molecule has 0 unspecified atom stereocenters. The first kappa shape index (κ1) is 15.0. The van der Waals surface area contributed by atoms with Crippen LogP contribution in [0.25, 0.3) is 0 Å². The van der Waals surface area contributed by atoms with Crippen molar-refractivity contribution in [2.24, 2.45) is 0 Å². The number of para-hydroxylation sites is 1. The molecule has 0 spiro atoms. The Labute approximate surface area is 124 Å². The molecule has 0 amide bonds. The summed E-state index contributed by atoms with van der Waals surface area (Å²) in [6, 6.07) is 11.4. The molecule has 0 aliphatic carbocycles. The van der Waals surface area contributed by atoms with E-state index in [9.17, 15) is 4.79 Å². The number of nitrogens with zero attached hydrogens (tertiary/aromatic N) is 1. The highest BCUT2D eigenvalue weighted by Gasteiger charge is 2.17. The van der Waals surface area contributed by atoms with Crippen LogP contribution in [0.3, 0.4) is 0 Å². The number of benzene rings is 1. The molecule has 0 aliphatic heterocycles. The Bertz CT molecular complexity index is 623. The Kier molecular flexibility index (Phi) is 4.93. The van der Waals surface area contributed by atoms with Gasteiger partial charge >= 0.3 is 5.97 Å². The molecule has 0 saturated carbocycles. The summed E-state index contributed by atoms with van der Waals surface area (Å²) >= 11 is 0. The fourth-order valence-corrected chi connectivity index (χ4v) is 2.18. The van der Waals surface area contributed by atoms with Gasteiger partial charge < -0.3 is 9.47 Å². The number of hydrogen-bond acceptors (Lipinski definition) is 4. The lowest BCUT2D eigenvalue weighted by Gasteiger charge is -2.13. The predicted molar refractivity (Wildman–Crippen MR) is 80.4 cm³/mol. The van der Waals surface area contributed by atoms with Crippen molar-refractivity contribution in [3.05, 3.63) is 58.9 Å². The zero-order valence-electron chi connectivity index (χ0n) is 12.6. The summed E-state index contributed by atoms with van der Waals surface area (Å²) in [6.07, 6.45) is 0. The summed E-state index contributed by atoms with van der Waals surface area (Å²) in [5.41, 5.74) is 2.81. The van der Waals surface area contributed by atoms with Crippen molar-refractivity contribution in [3.63, 3.8) is 0 Å². The number of pyridine rings is 1. The van der Waals surface area contributed by atoms with Crippen LogP contribution in [0.1, 0.15) is 34.2 Å². The smallest absolute Gasteiger partial charge is 0.340 e. The Morgan fingerprint density at radius 2 is 1.90 bits per heavy atom. The average Bonchev–Trinajstić information content (AvgIpc) is 2.45. The van der Waals surface area contributed by atoms with Crippen LogP contribution in [-0.2, 0) is 11.3 Å². The zero-order valence-corrected chi connectivity index (χ0v) is 12.6. The Balaban J connectivity index is 2.26. The topological polar surface area (TPSA) is 48.4 Å². The van der Waals surface area contributed by atoms with Gasteiger partial charge in [0, 0.05) is 11.3 Å². The van der Waals surface area contributed by atoms with Gasteiger partial charge in [-0.3, -0.25) is 4.98 Å². The van der Waals surface area contributed by atoms with E-state index in [2.05, 4.69) is 4.98 Å². The van der Waals surface area contributed by atoms with E-state index in [-0.39, 0.29) is 5.97 Å². The zero-order chi connectivity index (χ0) is 15.2. The second-order valence-electron chi connectivity index (χ2n) is 4.71. The van der Waals surface area contributed by atoms with Crippen LogP contribution in [0.5, 0.6) is 5.75 Å². The molecule has 1 aromatic heterocycles. The summed E-state index contributed by atoms with van der Waals surface area (Å²) < 4.78 is 10.8. The Morgan fingerprint density at radius 3 is 2.57 bits per heavy atom. The van der Waals surface area contributed by atoms with Gasteiger partial charge in [-0.25, -0.2) is 4.79 Å². The highest BCUT2D eigenvalue weighted by molar-refractivity contribution is 5.92. The molecule has 0 radical (unpaired) electrons. The number of carbonyl (C=O) groups excluding carboxylic acids is 1. The third-order valence-electron chi connectivity index (χ3n) is 3.03. The molecule has 0 atom stereocenters. The summed E-state index contributed by atoms with van der Waals surface area (Å²) in [5, 5.41) is 0. The van der Waals surface area contributed by atoms with E-state index < -0.39 is 0 Å². The lowest BCUT2D eigenvalue weighted by molar-refractivity contribution is 0.0522. The van der Waals surface area contributed by atoms with Gasteiger partial charge in [0.15, 0.2) is 0 Å². The van der Waals surface area contributed by atoms with Crippen LogP contribution in [0.15, 0.2) is 36.4 Å². The second kappa shape index (κ2) is 6.88. The summed E-state index contributed by atoms with van der Waals surface area (Å²) in [5.74, 6) is 0.411. The lowest BCUT2D eigenvalue weighted by atomic mass is 10.1. The van der Waals surface area contributed by atoms with Gasteiger partial charge in [-0.2, -0.15) is 0 Å². The molecule has 21 heavy (non-hydrogen) atoms. The number of hydrogen-bond donors (Lipinski definition) is 0. The van der Waals surface area contributed by atoms with E-state index in [0.29, 0.717) is 24.5 Å². The minimum Gasteiger partial charge on any atom is -0.489 e. The predicted octanol–water partition coefficient (Wildman–Crippen LogP) is 3.45. The monoisotopic (exact) mass is 285 g/mol. The molecular weight excluding hydrogens is 266 g/mol. The molecule has 0 aliphatic rings. The molecule has 0 saturated heterocycles. The Hall–Kier alpha value is -2.36. The summed E-state index contributed by atoms with van der Waals surface area (Å²) in [6.45, 7) is 6.14. The van der Waals surface area contributed by atoms with Gasteiger partial charge in [-0.05, 0) is 39.0 Å². The molecule has 2 rings (SSSR count). The van der Waals surface area contributed by atoms with Crippen LogP contribution in [-0.4, -0.2) is 17.6 Å². The van der Waals surface area contributed by atoms with Crippen molar-refractivity contribution >= 4 is 5.97 Å². The van der Waals surface area contributed by atoms with Crippen molar-refractivity contribution in [2.45, 2.75) is 27.4 Å². The van der Waals surface area contributed by atoms with Gasteiger partial charge in [0.1, 0.15) is 12.4 Å². The molecule has 2 aromatic rings. The standard InChI is InChI=1S/C17H19NO3/c1-4-20-17(19)16-13(3)18-12(2)10-14(16)11-21-15-8-6-5-7-9-15/h5-10H,4,11H2,1-3H3. The molecule has 1 heterocycles. The average molecular weight is 285 g/mol. The van der Waals surface area contributed by atoms with E-state index in [4.69, 9.17) is 9.47 Å². The van der Waals surface area contributed by atoms with Crippen LogP contribution in [0.4, 0.5) is 0 Å². The Morgan fingerprint density at radius 1 is 1.19 bits per heavy atom. The van der Waals surface area contributed by atoms with Crippen molar-refractivity contribution in [3.8, 4) is 5.75 Å². The molecule has 0 bridgehead atoms. The van der Waals surface area contributed by atoms with Crippen molar-refractivity contribution in [2.75, 3.05) is 6.61 Å². The van der Waals surface area contributed by atoms with E-state index in [1.807, 2.05) is 50.2 Å². The van der Waals surface area contributed by atoms with E-state index in [0.717, 1.165) is 17.0 Å². The van der Waals surface area contributed by atoms with Crippen molar-refractivity contribution in [1.29, 1.82) is 0 Å². The molecule has 0 N–H and O–H groups in total. The third kappa shape index (κ3) is 3.81. The number of rotatable bonds is 5. The van der Waals surface area contributed by atoms with E-state index in [1.165, 1.54) is 0 Å². The third-order valence-corrected chi connectivity index (χ3v) is 3.03. The van der Waals surface area contributed by atoms with Gasteiger partial charge in [0.25, 0.3) is 0 Å². The van der Waals surface area contributed by atoms with Crippen LogP contribution in [0, 0.1) is 13.8 Å². The highest BCUT2D eigenvalue weighted by Crippen LogP contribution is 2.19. The number of carbonyl (C=O) groups is 1. The number of esters is 1. The summed E-state index contributed by atoms with van der Waals surface area (Å²) in [7, 11) is 0. The molecule has 0 fully saturated rings. The SMILES string of the molecule is CCOC(=O)c1c(COc2ccccc2)cc(C)nc1C. The largest absolute Gasteiger partial charge is 0.489 e. The number of aromatic nitrogens is 1. The maximum absolute atomic E-state index is 12.1. The minimum absolute atomic E-state index is 0.308. The molecule has 110 valence electrons. The lowest BCUT2D eigenvalue weighted by Crippen LogP contribution is -2.13. The maximum Gasteiger partial charge on any atom is 0.340 e. The fourth-order valence-electron chi connectivity index (χ4n) is 2.18. The first-order valence-corrected chi connectivity index (χ1v) is 6.94. The van der Waals surface area contributed by atoms with Crippen molar-refractivity contribution in [1.82, 2.24) is 4.98 Å². The van der Waals surface area contributed by atoms with Gasteiger partial charge in [-0.1, -0.05) is 18.2 Å². The van der Waals surface area contributed by atoms with Gasteiger partial charge in [-0.15, -0.1) is 0 Å². The normalized spacial score (nSPS) is 10.2. The maximum atomic E-state index is 12.1. The molecule has 1 aromatic carbocycles. The van der Waals surface area contributed by atoms with Crippen LogP contribution < -0.4 is 4.74 Å². The fraction of sp³-hybridized carbons (Fsp3) is 0.294. The van der Waals surface area contributed by atoms with E-state index >= 15 is 0 Å². The minimum atomic E-state index is -0.353. The summed E-state index contributed by atoms with van der Waals surface area (Å²) in [4.78, 5) is 16.4. The molecule has 4 nitrogen and oxygen atoms in total. The van der Waals surface area contributed by atoms with E-state index in [1.54, 1.807) is 6.92 Å².